The third kappa shape index (κ3) is 6.33. The van der Waals surface area contributed by atoms with Crippen molar-refractivity contribution in [3.63, 3.8) is 0 Å². The van der Waals surface area contributed by atoms with Crippen LogP contribution in [0.15, 0.2) is 17.5 Å². The number of imide groups is 1. The van der Waals surface area contributed by atoms with E-state index in [4.69, 9.17) is 4.74 Å². The van der Waals surface area contributed by atoms with Gasteiger partial charge in [-0.2, -0.15) is 0 Å². The molecule has 0 aliphatic rings. The molecule has 3 amide bonds. The van der Waals surface area contributed by atoms with E-state index < -0.39 is 24.5 Å². The number of esters is 1. The fourth-order valence-electron chi connectivity index (χ4n) is 1.28. The summed E-state index contributed by atoms with van der Waals surface area (Å²) in [6.07, 6.45) is 0.890. The van der Waals surface area contributed by atoms with E-state index in [1.807, 2.05) is 31.4 Å². The third-order valence-electron chi connectivity index (χ3n) is 2.51. The van der Waals surface area contributed by atoms with Crippen LogP contribution in [0.2, 0.25) is 0 Å². The van der Waals surface area contributed by atoms with E-state index in [1.54, 1.807) is 0 Å². The molecule has 0 saturated carbocycles. The molecule has 0 aliphatic heterocycles. The molecule has 7 heteroatoms. The predicted octanol–water partition coefficient (Wildman–Crippen LogP) is 1.46. The second kappa shape index (κ2) is 8.31. The molecule has 1 aromatic heterocycles. The number of ether oxygens (including phenoxy) is 1. The van der Waals surface area contributed by atoms with Gasteiger partial charge in [0.05, 0.1) is 6.42 Å². The largest absolute Gasteiger partial charge is 0.455 e. The summed E-state index contributed by atoms with van der Waals surface area (Å²) in [4.78, 5) is 35.0. The van der Waals surface area contributed by atoms with Gasteiger partial charge in [-0.15, -0.1) is 11.3 Å². The van der Waals surface area contributed by atoms with Gasteiger partial charge >= 0.3 is 12.0 Å². The SMILES string of the molecule is CC[C@@H](C)NC(=O)NC(=O)COC(=O)Cc1cccs1. The van der Waals surface area contributed by atoms with Gasteiger partial charge in [0.25, 0.3) is 5.91 Å². The molecule has 2 N–H and O–H groups in total. The minimum absolute atomic E-state index is 0.0239. The zero-order valence-corrected chi connectivity index (χ0v) is 12.3. The van der Waals surface area contributed by atoms with E-state index in [9.17, 15) is 14.4 Å². The molecule has 1 heterocycles. The highest BCUT2D eigenvalue weighted by molar-refractivity contribution is 7.10. The molecule has 0 aliphatic carbocycles. The average molecular weight is 298 g/mol. The second-order valence-electron chi connectivity index (χ2n) is 4.25. The molecule has 20 heavy (non-hydrogen) atoms. The van der Waals surface area contributed by atoms with Gasteiger partial charge in [0, 0.05) is 10.9 Å². The van der Waals surface area contributed by atoms with Gasteiger partial charge in [-0.3, -0.25) is 14.9 Å². The van der Waals surface area contributed by atoms with E-state index in [-0.39, 0.29) is 12.5 Å². The minimum atomic E-state index is -0.648. The molecule has 1 rings (SSSR count). The molecule has 0 spiro atoms. The molecule has 0 unspecified atom stereocenters. The van der Waals surface area contributed by atoms with Crippen molar-refractivity contribution in [1.82, 2.24) is 10.6 Å². The van der Waals surface area contributed by atoms with Crippen LogP contribution in [0.4, 0.5) is 4.79 Å². The lowest BCUT2D eigenvalue weighted by Crippen LogP contribution is -2.44. The Labute approximate surface area is 121 Å². The van der Waals surface area contributed by atoms with Crippen LogP contribution in [0.5, 0.6) is 0 Å². The number of hydrogen-bond acceptors (Lipinski definition) is 5. The minimum Gasteiger partial charge on any atom is -0.455 e. The monoisotopic (exact) mass is 298 g/mol. The van der Waals surface area contributed by atoms with Crippen molar-refractivity contribution in [2.75, 3.05) is 6.61 Å². The molecule has 0 saturated heterocycles. The number of nitrogens with one attached hydrogen (secondary N) is 2. The predicted molar refractivity (Wildman–Crippen MR) is 75.4 cm³/mol. The van der Waals surface area contributed by atoms with Crippen LogP contribution in [0.1, 0.15) is 25.1 Å². The Morgan fingerprint density at radius 2 is 2.15 bits per heavy atom. The lowest BCUT2D eigenvalue weighted by atomic mass is 10.3. The first-order valence-corrected chi connectivity index (χ1v) is 7.17. The lowest BCUT2D eigenvalue weighted by molar-refractivity contribution is -0.147. The molecule has 110 valence electrons. The molecule has 0 aromatic carbocycles. The standard InChI is InChI=1S/C13H18N2O4S/c1-3-9(2)14-13(18)15-11(16)8-19-12(17)7-10-5-4-6-20-10/h4-6,9H,3,7-8H2,1-2H3,(H2,14,15,16,18)/t9-/m1/s1. The van der Waals surface area contributed by atoms with E-state index in [0.29, 0.717) is 0 Å². The van der Waals surface area contributed by atoms with Crippen LogP contribution in [0.25, 0.3) is 0 Å². The molecular formula is C13H18N2O4S. The Balaban J connectivity index is 2.22. The Morgan fingerprint density at radius 1 is 1.40 bits per heavy atom. The lowest BCUT2D eigenvalue weighted by Gasteiger charge is -2.11. The summed E-state index contributed by atoms with van der Waals surface area (Å²) in [5.74, 6) is -1.14. The van der Waals surface area contributed by atoms with Crippen LogP contribution >= 0.6 is 11.3 Å². The van der Waals surface area contributed by atoms with E-state index in [2.05, 4.69) is 10.6 Å². The zero-order chi connectivity index (χ0) is 15.0. The van der Waals surface area contributed by atoms with Gasteiger partial charge in [-0.1, -0.05) is 13.0 Å². The van der Waals surface area contributed by atoms with Gasteiger partial charge in [-0.25, -0.2) is 4.79 Å². The molecule has 1 aromatic rings. The van der Waals surface area contributed by atoms with Gasteiger partial charge in [0.15, 0.2) is 6.61 Å². The van der Waals surface area contributed by atoms with Crippen molar-refractivity contribution < 1.29 is 19.1 Å². The van der Waals surface area contributed by atoms with E-state index in [1.165, 1.54) is 11.3 Å². The van der Waals surface area contributed by atoms with Crippen LogP contribution in [0, 0.1) is 0 Å². The van der Waals surface area contributed by atoms with Crippen molar-refractivity contribution in [1.29, 1.82) is 0 Å². The Hall–Kier alpha value is -1.89. The highest BCUT2D eigenvalue weighted by Crippen LogP contribution is 2.09. The molecule has 0 radical (unpaired) electrons. The maximum Gasteiger partial charge on any atom is 0.321 e. The number of urea groups is 1. The highest BCUT2D eigenvalue weighted by atomic mass is 32.1. The maximum atomic E-state index is 11.4. The summed E-state index contributed by atoms with van der Waals surface area (Å²) in [5.41, 5.74) is 0. The van der Waals surface area contributed by atoms with Crippen LogP contribution in [0.3, 0.4) is 0 Å². The summed E-state index contributed by atoms with van der Waals surface area (Å²) in [6, 6.07) is 3.04. The maximum absolute atomic E-state index is 11.4. The molecule has 0 fully saturated rings. The first-order valence-electron chi connectivity index (χ1n) is 6.29. The van der Waals surface area contributed by atoms with Gasteiger partial charge in [0.2, 0.25) is 0 Å². The van der Waals surface area contributed by atoms with Crippen molar-refractivity contribution in [3.05, 3.63) is 22.4 Å². The normalized spacial score (nSPS) is 11.5. The first-order chi connectivity index (χ1) is 9.51. The van der Waals surface area contributed by atoms with Gasteiger partial charge < -0.3 is 10.1 Å². The zero-order valence-electron chi connectivity index (χ0n) is 11.5. The van der Waals surface area contributed by atoms with Crippen molar-refractivity contribution >= 4 is 29.2 Å². The van der Waals surface area contributed by atoms with Crippen LogP contribution < -0.4 is 10.6 Å². The smallest absolute Gasteiger partial charge is 0.321 e. The summed E-state index contributed by atoms with van der Waals surface area (Å²) < 4.78 is 4.79. The second-order valence-corrected chi connectivity index (χ2v) is 5.28. The Kier molecular flexibility index (Phi) is 6.72. The van der Waals surface area contributed by atoms with E-state index >= 15 is 0 Å². The quantitative estimate of drug-likeness (QED) is 0.779. The van der Waals surface area contributed by atoms with Crippen molar-refractivity contribution in [2.45, 2.75) is 32.7 Å². The Bertz CT molecular complexity index is 459. The summed E-state index contributed by atoms with van der Waals surface area (Å²) in [6.45, 7) is 3.28. The molecule has 6 nitrogen and oxygen atoms in total. The van der Waals surface area contributed by atoms with Crippen LogP contribution in [-0.4, -0.2) is 30.6 Å². The molecular weight excluding hydrogens is 280 g/mol. The molecule has 1 atom stereocenters. The molecule has 0 bridgehead atoms. The number of carbonyl (C=O) groups is 3. The summed E-state index contributed by atoms with van der Waals surface area (Å²) in [7, 11) is 0. The fourth-order valence-corrected chi connectivity index (χ4v) is 1.97. The van der Waals surface area contributed by atoms with E-state index in [0.717, 1.165) is 11.3 Å². The number of carbonyl (C=O) groups excluding carboxylic acids is 3. The number of hydrogen-bond donors (Lipinski definition) is 2. The van der Waals surface area contributed by atoms with Gasteiger partial charge in [0.1, 0.15) is 0 Å². The topological polar surface area (TPSA) is 84.5 Å². The summed E-state index contributed by atoms with van der Waals surface area (Å²) in [5, 5.41) is 6.53. The first kappa shape index (κ1) is 16.2. The van der Waals surface area contributed by atoms with Crippen molar-refractivity contribution in [3.8, 4) is 0 Å². The highest BCUT2D eigenvalue weighted by Gasteiger charge is 2.12. The van der Waals surface area contributed by atoms with Crippen molar-refractivity contribution in [2.24, 2.45) is 0 Å². The van der Waals surface area contributed by atoms with Crippen LogP contribution in [-0.2, 0) is 20.7 Å². The van der Waals surface area contributed by atoms with Gasteiger partial charge in [-0.05, 0) is 24.8 Å². The fraction of sp³-hybridized carbons (Fsp3) is 0.462. The Morgan fingerprint density at radius 3 is 2.75 bits per heavy atom. The number of amides is 3. The summed E-state index contributed by atoms with van der Waals surface area (Å²) >= 11 is 1.44. The number of rotatable bonds is 6. The average Bonchev–Trinajstić information content (AvgIpc) is 2.88. The third-order valence-corrected chi connectivity index (χ3v) is 3.38. The number of thiophene rings is 1.